The Morgan fingerprint density at radius 2 is 2.35 bits per heavy atom. The summed E-state index contributed by atoms with van der Waals surface area (Å²) in [6.07, 6.45) is 1.01. The van der Waals surface area contributed by atoms with Crippen molar-refractivity contribution in [2.75, 3.05) is 25.5 Å². The lowest BCUT2D eigenvalue weighted by Gasteiger charge is -2.14. The maximum atomic E-state index is 13.4. The summed E-state index contributed by atoms with van der Waals surface area (Å²) in [6, 6.07) is 4.43. The molecule has 1 atom stereocenters. The Balaban J connectivity index is 2.07. The zero-order valence-electron chi connectivity index (χ0n) is 9.61. The van der Waals surface area contributed by atoms with Crippen LogP contribution in [0.5, 0.6) is 0 Å². The fourth-order valence-electron chi connectivity index (χ4n) is 2.07. The van der Waals surface area contributed by atoms with Gasteiger partial charge in [0.05, 0.1) is 5.56 Å². The molecular weight excluding hydrogens is 223 g/mol. The normalized spacial score (nSPS) is 20.5. The van der Waals surface area contributed by atoms with Crippen molar-refractivity contribution in [3.05, 3.63) is 29.6 Å². The third kappa shape index (κ3) is 2.74. The van der Waals surface area contributed by atoms with E-state index >= 15 is 0 Å². The van der Waals surface area contributed by atoms with Gasteiger partial charge in [0.2, 0.25) is 0 Å². The molecule has 1 aromatic rings. The number of benzene rings is 1. The average molecular weight is 238 g/mol. The molecule has 5 heteroatoms. The second-order valence-electron chi connectivity index (χ2n) is 4.39. The van der Waals surface area contributed by atoms with Gasteiger partial charge in [-0.3, -0.25) is 0 Å². The summed E-state index contributed by atoms with van der Waals surface area (Å²) in [4.78, 5) is 12.8. The fraction of sp³-hybridized carbons (Fsp3) is 0.417. The molecule has 2 N–H and O–H groups in total. The van der Waals surface area contributed by atoms with Gasteiger partial charge < -0.3 is 15.3 Å². The van der Waals surface area contributed by atoms with Crippen LogP contribution in [0.4, 0.5) is 10.1 Å². The minimum atomic E-state index is -1.24. The number of aromatic carboxylic acids is 1. The third-order valence-corrected chi connectivity index (χ3v) is 2.96. The van der Waals surface area contributed by atoms with Crippen molar-refractivity contribution < 1.29 is 14.3 Å². The molecule has 1 fully saturated rings. The molecule has 17 heavy (non-hydrogen) atoms. The minimum absolute atomic E-state index is 0.293. The molecule has 0 aliphatic carbocycles. The van der Waals surface area contributed by atoms with Crippen LogP contribution in [0.3, 0.4) is 0 Å². The first kappa shape index (κ1) is 11.9. The predicted octanol–water partition coefficient (Wildman–Crippen LogP) is 1.64. The largest absolute Gasteiger partial charge is 0.478 e. The highest BCUT2D eigenvalue weighted by Gasteiger charge is 2.19. The quantitative estimate of drug-likeness (QED) is 0.840. The second-order valence-corrected chi connectivity index (χ2v) is 4.39. The van der Waals surface area contributed by atoms with Crippen LogP contribution in [-0.4, -0.2) is 42.2 Å². The van der Waals surface area contributed by atoms with Crippen LogP contribution in [0.15, 0.2) is 18.2 Å². The van der Waals surface area contributed by atoms with E-state index < -0.39 is 11.8 Å². The van der Waals surface area contributed by atoms with E-state index in [1.54, 1.807) is 6.07 Å². The van der Waals surface area contributed by atoms with E-state index in [1.807, 2.05) is 7.05 Å². The first-order valence-corrected chi connectivity index (χ1v) is 5.54. The van der Waals surface area contributed by atoms with Gasteiger partial charge in [0.25, 0.3) is 0 Å². The zero-order valence-corrected chi connectivity index (χ0v) is 9.61. The van der Waals surface area contributed by atoms with E-state index in [9.17, 15) is 9.18 Å². The number of hydrogen-bond acceptors (Lipinski definition) is 3. The molecule has 0 radical (unpaired) electrons. The third-order valence-electron chi connectivity index (χ3n) is 2.96. The lowest BCUT2D eigenvalue weighted by atomic mass is 10.1. The first-order valence-electron chi connectivity index (χ1n) is 5.54. The summed E-state index contributed by atoms with van der Waals surface area (Å²) < 4.78 is 13.4. The molecule has 1 aliphatic heterocycles. The molecule has 0 saturated carbocycles. The summed E-state index contributed by atoms with van der Waals surface area (Å²) in [7, 11) is 2.04. The van der Waals surface area contributed by atoms with Gasteiger partial charge in [0.1, 0.15) is 5.82 Å². The van der Waals surface area contributed by atoms with Crippen molar-refractivity contribution in [1.82, 2.24) is 4.90 Å². The van der Waals surface area contributed by atoms with Crippen LogP contribution in [0, 0.1) is 5.82 Å². The fourth-order valence-corrected chi connectivity index (χ4v) is 2.07. The molecule has 1 saturated heterocycles. The summed E-state index contributed by atoms with van der Waals surface area (Å²) in [6.45, 7) is 1.94. The Hall–Kier alpha value is -1.62. The minimum Gasteiger partial charge on any atom is -0.478 e. The Labute approximate surface area is 99.0 Å². The average Bonchev–Trinajstić information content (AvgIpc) is 2.63. The van der Waals surface area contributed by atoms with Crippen LogP contribution >= 0.6 is 0 Å². The second kappa shape index (κ2) is 4.71. The highest BCUT2D eigenvalue weighted by molar-refractivity contribution is 5.88. The van der Waals surface area contributed by atoms with Crippen molar-refractivity contribution in [2.24, 2.45) is 0 Å². The summed E-state index contributed by atoms with van der Waals surface area (Å²) in [5, 5.41) is 11.9. The SMILES string of the molecule is CN1CCC(Nc2ccc(C(=O)O)c(F)c2)C1. The lowest BCUT2D eigenvalue weighted by molar-refractivity contribution is 0.0692. The number of carbonyl (C=O) groups is 1. The van der Waals surface area contributed by atoms with Crippen LogP contribution < -0.4 is 5.32 Å². The number of rotatable bonds is 3. The van der Waals surface area contributed by atoms with Crippen molar-refractivity contribution in [2.45, 2.75) is 12.5 Å². The van der Waals surface area contributed by atoms with Crippen LogP contribution in [0.2, 0.25) is 0 Å². The molecule has 0 bridgehead atoms. The maximum Gasteiger partial charge on any atom is 0.338 e. The van der Waals surface area contributed by atoms with Gasteiger partial charge in [-0.15, -0.1) is 0 Å². The number of hydrogen-bond donors (Lipinski definition) is 2. The van der Waals surface area contributed by atoms with Crippen molar-refractivity contribution in [3.63, 3.8) is 0 Å². The molecule has 0 aromatic heterocycles. The number of carboxylic acids is 1. The van der Waals surface area contributed by atoms with E-state index in [1.165, 1.54) is 12.1 Å². The number of likely N-dealkylation sites (N-methyl/N-ethyl adjacent to an activating group) is 1. The molecule has 0 amide bonds. The molecular formula is C12H15FN2O2. The molecule has 4 nitrogen and oxygen atoms in total. The molecule has 92 valence electrons. The van der Waals surface area contributed by atoms with Crippen molar-refractivity contribution in [1.29, 1.82) is 0 Å². The van der Waals surface area contributed by atoms with E-state index in [0.29, 0.717) is 11.7 Å². The maximum absolute atomic E-state index is 13.4. The van der Waals surface area contributed by atoms with Crippen molar-refractivity contribution >= 4 is 11.7 Å². The highest BCUT2D eigenvalue weighted by atomic mass is 19.1. The molecule has 1 aromatic carbocycles. The number of nitrogens with one attached hydrogen (secondary N) is 1. The number of likely N-dealkylation sites (tertiary alicyclic amines) is 1. The van der Waals surface area contributed by atoms with Gasteiger partial charge in [-0.1, -0.05) is 0 Å². The summed E-state index contributed by atoms with van der Waals surface area (Å²) in [5.41, 5.74) is 0.340. The van der Waals surface area contributed by atoms with E-state index in [4.69, 9.17) is 5.11 Å². The van der Waals surface area contributed by atoms with Gasteiger partial charge in [-0.2, -0.15) is 0 Å². The molecule has 1 heterocycles. The molecule has 1 unspecified atom stereocenters. The number of carboxylic acid groups (broad SMARTS) is 1. The van der Waals surface area contributed by atoms with Crippen LogP contribution in [0.1, 0.15) is 16.8 Å². The summed E-state index contributed by atoms with van der Waals surface area (Å²) in [5.74, 6) is -1.94. The first-order chi connectivity index (χ1) is 8.06. The van der Waals surface area contributed by atoms with E-state index in [2.05, 4.69) is 10.2 Å². The smallest absolute Gasteiger partial charge is 0.338 e. The van der Waals surface area contributed by atoms with Crippen LogP contribution in [-0.2, 0) is 0 Å². The number of halogens is 1. The van der Waals surface area contributed by atoms with Gasteiger partial charge in [-0.25, -0.2) is 9.18 Å². The monoisotopic (exact) mass is 238 g/mol. The molecule has 0 spiro atoms. The number of nitrogens with zero attached hydrogens (tertiary/aromatic N) is 1. The Kier molecular flexibility index (Phi) is 3.28. The van der Waals surface area contributed by atoms with Gasteiger partial charge in [0.15, 0.2) is 0 Å². The standard InChI is InChI=1S/C12H15FN2O2/c1-15-5-4-9(7-15)14-8-2-3-10(12(16)17)11(13)6-8/h2-3,6,9,14H,4-5,7H2,1H3,(H,16,17). The lowest BCUT2D eigenvalue weighted by Crippen LogP contribution is -2.23. The zero-order chi connectivity index (χ0) is 12.4. The molecule has 1 aliphatic rings. The molecule has 2 rings (SSSR count). The Morgan fingerprint density at radius 3 is 2.88 bits per heavy atom. The van der Waals surface area contributed by atoms with Gasteiger partial charge in [0, 0.05) is 18.3 Å². The van der Waals surface area contributed by atoms with E-state index in [0.717, 1.165) is 19.5 Å². The predicted molar refractivity (Wildman–Crippen MR) is 62.9 cm³/mol. The van der Waals surface area contributed by atoms with Crippen molar-refractivity contribution in [3.8, 4) is 0 Å². The Bertz CT molecular complexity index is 437. The highest BCUT2D eigenvalue weighted by Crippen LogP contribution is 2.18. The Morgan fingerprint density at radius 1 is 1.59 bits per heavy atom. The summed E-state index contributed by atoms with van der Waals surface area (Å²) >= 11 is 0. The van der Waals surface area contributed by atoms with E-state index in [-0.39, 0.29) is 5.56 Å². The topological polar surface area (TPSA) is 52.6 Å². The van der Waals surface area contributed by atoms with Gasteiger partial charge >= 0.3 is 5.97 Å². The number of anilines is 1. The van der Waals surface area contributed by atoms with Crippen LogP contribution in [0.25, 0.3) is 0 Å². The van der Waals surface area contributed by atoms with Gasteiger partial charge in [-0.05, 0) is 38.2 Å².